The molecule has 0 aliphatic rings. The standard InChI is InChI=1S/C12H16ClNO2/c1-9(14(2)11(15)8-13)12(16)10-6-4-3-5-7-10/h3-7,9,12,16H,8H2,1-2H3/t9-,12+/m0/s1. The molecule has 1 aromatic rings. The van der Waals surface area contributed by atoms with Gasteiger partial charge in [0.15, 0.2) is 0 Å². The summed E-state index contributed by atoms with van der Waals surface area (Å²) in [6.45, 7) is 1.79. The second-order valence-corrected chi connectivity index (χ2v) is 4.00. The van der Waals surface area contributed by atoms with Crippen LogP contribution in [0.3, 0.4) is 0 Å². The molecule has 0 saturated heterocycles. The number of hydrogen-bond donors (Lipinski definition) is 1. The number of carbonyl (C=O) groups is 1. The molecule has 0 spiro atoms. The number of aliphatic hydroxyl groups excluding tert-OH is 1. The number of aliphatic hydroxyl groups is 1. The van der Waals surface area contributed by atoms with Crippen LogP contribution in [0, 0.1) is 0 Å². The molecule has 0 aromatic heterocycles. The van der Waals surface area contributed by atoms with Gasteiger partial charge >= 0.3 is 0 Å². The molecule has 0 aliphatic heterocycles. The van der Waals surface area contributed by atoms with Crippen LogP contribution in [-0.4, -0.2) is 34.9 Å². The highest BCUT2D eigenvalue weighted by atomic mass is 35.5. The van der Waals surface area contributed by atoms with E-state index in [1.165, 1.54) is 4.90 Å². The van der Waals surface area contributed by atoms with E-state index in [1.54, 1.807) is 14.0 Å². The van der Waals surface area contributed by atoms with Crippen molar-refractivity contribution in [1.29, 1.82) is 0 Å². The summed E-state index contributed by atoms with van der Waals surface area (Å²) in [5.74, 6) is -0.258. The van der Waals surface area contributed by atoms with Crippen LogP contribution in [0.1, 0.15) is 18.6 Å². The number of benzene rings is 1. The number of amides is 1. The van der Waals surface area contributed by atoms with Crippen LogP contribution in [0.25, 0.3) is 0 Å². The Hall–Kier alpha value is -1.06. The molecule has 16 heavy (non-hydrogen) atoms. The van der Waals surface area contributed by atoms with Crippen LogP contribution in [0.5, 0.6) is 0 Å². The highest BCUT2D eigenvalue weighted by Crippen LogP contribution is 2.19. The Morgan fingerprint density at radius 3 is 2.50 bits per heavy atom. The molecule has 88 valence electrons. The quantitative estimate of drug-likeness (QED) is 0.817. The monoisotopic (exact) mass is 241 g/mol. The molecule has 3 nitrogen and oxygen atoms in total. The number of carbonyl (C=O) groups excluding carboxylic acids is 1. The van der Waals surface area contributed by atoms with E-state index < -0.39 is 6.10 Å². The summed E-state index contributed by atoms with van der Waals surface area (Å²) in [6, 6.07) is 8.96. The fourth-order valence-electron chi connectivity index (χ4n) is 1.46. The predicted molar refractivity (Wildman–Crippen MR) is 64.4 cm³/mol. The number of hydrogen-bond acceptors (Lipinski definition) is 2. The Bertz CT molecular complexity index is 342. The molecule has 1 rings (SSSR count). The molecule has 0 aliphatic carbocycles. The second-order valence-electron chi connectivity index (χ2n) is 3.73. The minimum atomic E-state index is -0.696. The molecule has 0 radical (unpaired) electrons. The van der Waals surface area contributed by atoms with Gasteiger partial charge in [0.1, 0.15) is 5.88 Å². The van der Waals surface area contributed by atoms with Crippen LogP contribution in [0.2, 0.25) is 0 Å². The lowest BCUT2D eigenvalue weighted by Crippen LogP contribution is -2.39. The first-order valence-corrected chi connectivity index (χ1v) is 5.66. The number of rotatable bonds is 4. The van der Waals surface area contributed by atoms with Gasteiger partial charge in [0.05, 0.1) is 12.1 Å². The predicted octanol–water partition coefficient (Wildman–Crippen LogP) is 1.81. The normalized spacial score (nSPS) is 14.2. The van der Waals surface area contributed by atoms with Crippen LogP contribution in [0.4, 0.5) is 0 Å². The van der Waals surface area contributed by atoms with E-state index in [0.29, 0.717) is 0 Å². The maximum absolute atomic E-state index is 11.4. The van der Waals surface area contributed by atoms with Gasteiger partial charge in [-0.2, -0.15) is 0 Å². The van der Waals surface area contributed by atoms with E-state index in [-0.39, 0.29) is 17.8 Å². The highest BCUT2D eigenvalue weighted by molar-refractivity contribution is 6.27. The fraction of sp³-hybridized carbons (Fsp3) is 0.417. The smallest absolute Gasteiger partial charge is 0.237 e. The molecular weight excluding hydrogens is 226 g/mol. The highest BCUT2D eigenvalue weighted by Gasteiger charge is 2.23. The molecule has 4 heteroatoms. The lowest BCUT2D eigenvalue weighted by molar-refractivity contribution is -0.131. The zero-order chi connectivity index (χ0) is 12.1. The molecule has 1 amide bonds. The van der Waals surface area contributed by atoms with Gasteiger partial charge < -0.3 is 10.0 Å². The minimum Gasteiger partial charge on any atom is -0.386 e. The molecule has 1 N–H and O–H groups in total. The average Bonchev–Trinajstić information content (AvgIpc) is 2.36. The van der Waals surface area contributed by atoms with E-state index in [1.807, 2.05) is 30.3 Å². The zero-order valence-corrected chi connectivity index (χ0v) is 10.2. The first kappa shape index (κ1) is 13.0. The molecule has 0 fully saturated rings. The first-order chi connectivity index (χ1) is 7.57. The van der Waals surface area contributed by atoms with Gasteiger partial charge in [0.25, 0.3) is 0 Å². The third-order valence-electron chi connectivity index (χ3n) is 2.72. The molecule has 2 atom stereocenters. The summed E-state index contributed by atoms with van der Waals surface area (Å²) in [7, 11) is 1.64. The zero-order valence-electron chi connectivity index (χ0n) is 9.43. The lowest BCUT2D eigenvalue weighted by Gasteiger charge is -2.28. The fourth-order valence-corrected chi connectivity index (χ4v) is 1.65. The van der Waals surface area contributed by atoms with Crippen LogP contribution in [-0.2, 0) is 4.79 Å². The third kappa shape index (κ3) is 2.97. The number of halogens is 1. The lowest BCUT2D eigenvalue weighted by atomic mass is 10.0. The number of alkyl halides is 1. The van der Waals surface area contributed by atoms with E-state index >= 15 is 0 Å². The van der Waals surface area contributed by atoms with Gasteiger partial charge in [0, 0.05) is 7.05 Å². The van der Waals surface area contributed by atoms with E-state index in [9.17, 15) is 9.90 Å². The van der Waals surface area contributed by atoms with Gasteiger partial charge in [0.2, 0.25) is 5.91 Å². The summed E-state index contributed by atoms with van der Waals surface area (Å²) in [6.07, 6.45) is -0.696. The minimum absolute atomic E-state index is 0.0671. The Labute approximate surface area is 101 Å². The van der Waals surface area contributed by atoms with Gasteiger partial charge in [-0.15, -0.1) is 11.6 Å². The Morgan fingerprint density at radius 1 is 1.44 bits per heavy atom. The van der Waals surface area contributed by atoms with Gasteiger partial charge in [-0.3, -0.25) is 4.79 Å². The van der Waals surface area contributed by atoms with Crippen molar-refractivity contribution in [2.75, 3.05) is 12.9 Å². The second kappa shape index (κ2) is 5.87. The number of likely N-dealkylation sites (N-methyl/N-ethyl adjacent to an activating group) is 1. The average molecular weight is 242 g/mol. The molecular formula is C12H16ClNO2. The molecule has 0 unspecified atom stereocenters. The van der Waals surface area contributed by atoms with Crippen molar-refractivity contribution in [1.82, 2.24) is 4.90 Å². The van der Waals surface area contributed by atoms with E-state index in [0.717, 1.165) is 5.56 Å². The summed E-state index contributed by atoms with van der Waals surface area (Å²) < 4.78 is 0. The van der Waals surface area contributed by atoms with Crippen molar-refractivity contribution in [2.45, 2.75) is 19.1 Å². The van der Waals surface area contributed by atoms with Crippen molar-refractivity contribution < 1.29 is 9.90 Å². The van der Waals surface area contributed by atoms with Crippen molar-refractivity contribution >= 4 is 17.5 Å². The van der Waals surface area contributed by atoms with Gasteiger partial charge in [-0.1, -0.05) is 30.3 Å². The van der Waals surface area contributed by atoms with Crippen LogP contribution >= 0.6 is 11.6 Å². The van der Waals surface area contributed by atoms with Crippen molar-refractivity contribution in [3.8, 4) is 0 Å². The molecule has 0 saturated carbocycles. The van der Waals surface area contributed by atoms with Gasteiger partial charge in [-0.05, 0) is 12.5 Å². The summed E-state index contributed by atoms with van der Waals surface area (Å²) in [5.41, 5.74) is 0.796. The Kier molecular flexibility index (Phi) is 4.77. The van der Waals surface area contributed by atoms with E-state index in [2.05, 4.69) is 0 Å². The largest absolute Gasteiger partial charge is 0.386 e. The third-order valence-corrected chi connectivity index (χ3v) is 2.95. The van der Waals surface area contributed by atoms with Crippen molar-refractivity contribution in [3.63, 3.8) is 0 Å². The maximum atomic E-state index is 11.4. The Balaban J connectivity index is 2.74. The topological polar surface area (TPSA) is 40.5 Å². The van der Waals surface area contributed by atoms with E-state index in [4.69, 9.17) is 11.6 Å². The van der Waals surface area contributed by atoms with Crippen molar-refractivity contribution in [2.24, 2.45) is 0 Å². The maximum Gasteiger partial charge on any atom is 0.237 e. The molecule has 0 heterocycles. The molecule has 0 bridgehead atoms. The van der Waals surface area contributed by atoms with Gasteiger partial charge in [-0.25, -0.2) is 0 Å². The summed E-state index contributed by atoms with van der Waals surface area (Å²) in [5, 5.41) is 10.1. The molecule has 1 aromatic carbocycles. The van der Waals surface area contributed by atoms with Crippen LogP contribution in [0.15, 0.2) is 30.3 Å². The Morgan fingerprint density at radius 2 is 2.00 bits per heavy atom. The van der Waals surface area contributed by atoms with Crippen molar-refractivity contribution in [3.05, 3.63) is 35.9 Å². The van der Waals surface area contributed by atoms with Crippen LogP contribution < -0.4 is 0 Å². The first-order valence-electron chi connectivity index (χ1n) is 5.12. The summed E-state index contributed by atoms with van der Waals surface area (Å²) >= 11 is 5.47. The number of nitrogens with zero attached hydrogens (tertiary/aromatic N) is 1. The summed E-state index contributed by atoms with van der Waals surface area (Å²) in [4.78, 5) is 12.8. The SMILES string of the molecule is C[C@@H]([C@@H](O)c1ccccc1)N(C)C(=O)CCl.